The van der Waals surface area contributed by atoms with Crippen LogP contribution in [-0.2, 0) is 36.4 Å². The van der Waals surface area contributed by atoms with Crippen LogP contribution < -0.4 is 21.9 Å². The molecule has 1 fully saturated rings. The fourth-order valence-corrected chi connectivity index (χ4v) is 7.17. The van der Waals surface area contributed by atoms with Gasteiger partial charge in [-0.1, -0.05) is 54.6 Å². The third-order valence-corrected chi connectivity index (χ3v) is 9.74. The van der Waals surface area contributed by atoms with Crippen molar-refractivity contribution in [1.82, 2.24) is 20.1 Å². The Balaban J connectivity index is 0.00000378. The standard InChI is InChI=1S/C39H47N5O7.2H2S/c1-38(2,3)51-36(49)31(16-17-32(40)45)42-37(50)39(25-11-6-5-7-12-25)21-18-28(27-13-8-9-15-30(27)39)35(48)44-23-19-26(20-24-44)41-33(46)29-14-10-22-43(4)34(29)47;;/h5-15,22,26,28,31H,16-21,23-24H2,1-4H3,(H2,40,45)(H,41,46)(H,42,50);2*1H2/t28-,31-,39+;;/m0../s1. The second-order valence-corrected chi connectivity index (χ2v) is 14.4. The number of hydrogen-bond donors (Lipinski definition) is 3. The Hall–Kier alpha value is -4.56. The van der Waals surface area contributed by atoms with Crippen LogP contribution >= 0.6 is 27.0 Å². The van der Waals surface area contributed by atoms with Gasteiger partial charge in [0.15, 0.2) is 0 Å². The number of hydrogen-bond acceptors (Lipinski definition) is 7. The third-order valence-electron chi connectivity index (χ3n) is 9.74. The molecule has 12 nitrogen and oxygen atoms in total. The number of likely N-dealkylation sites (tertiary alicyclic amines) is 1. The van der Waals surface area contributed by atoms with E-state index in [9.17, 15) is 28.8 Å². The number of nitrogens with two attached hydrogens (primary N) is 1. The summed E-state index contributed by atoms with van der Waals surface area (Å²) in [6.07, 6.45) is 3.16. The number of aromatic nitrogens is 1. The third kappa shape index (κ3) is 9.71. The van der Waals surface area contributed by atoms with Crippen molar-refractivity contribution in [2.24, 2.45) is 12.8 Å². The van der Waals surface area contributed by atoms with Crippen molar-refractivity contribution in [2.45, 2.75) is 88.3 Å². The van der Waals surface area contributed by atoms with Crippen molar-refractivity contribution < 1.29 is 28.7 Å². The number of benzene rings is 2. The van der Waals surface area contributed by atoms with E-state index < -0.39 is 46.7 Å². The summed E-state index contributed by atoms with van der Waals surface area (Å²) >= 11 is 0. The molecule has 0 radical (unpaired) electrons. The average Bonchev–Trinajstić information content (AvgIpc) is 3.10. The van der Waals surface area contributed by atoms with Gasteiger partial charge in [-0.15, -0.1) is 0 Å². The maximum Gasteiger partial charge on any atom is 0.329 e. The van der Waals surface area contributed by atoms with Crippen LogP contribution in [0.4, 0.5) is 0 Å². The molecule has 0 spiro atoms. The van der Waals surface area contributed by atoms with Crippen molar-refractivity contribution in [3.63, 3.8) is 0 Å². The van der Waals surface area contributed by atoms with Gasteiger partial charge in [-0.25, -0.2) is 4.79 Å². The molecule has 5 rings (SSSR count). The number of carbonyl (C=O) groups excluding carboxylic acids is 5. The fraction of sp³-hybridized carbons (Fsp3) is 0.436. The Morgan fingerprint density at radius 3 is 2.21 bits per heavy atom. The van der Waals surface area contributed by atoms with Crippen LogP contribution in [0.2, 0.25) is 0 Å². The number of aryl methyl sites for hydroxylation is 1. The first kappa shape index (κ1) is 42.8. The summed E-state index contributed by atoms with van der Waals surface area (Å²) in [4.78, 5) is 81.0. The molecule has 2 aromatic carbocycles. The van der Waals surface area contributed by atoms with Crippen LogP contribution in [0.15, 0.2) is 77.7 Å². The molecule has 1 aliphatic carbocycles. The lowest BCUT2D eigenvalue weighted by molar-refractivity contribution is -0.159. The molecule has 1 aliphatic heterocycles. The smallest absolute Gasteiger partial charge is 0.329 e. The minimum absolute atomic E-state index is 0. The van der Waals surface area contributed by atoms with E-state index in [2.05, 4.69) is 10.6 Å². The highest BCUT2D eigenvalue weighted by atomic mass is 32.1. The maximum atomic E-state index is 14.7. The summed E-state index contributed by atoms with van der Waals surface area (Å²) in [7, 11) is 1.59. The summed E-state index contributed by atoms with van der Waals surface area (Å²) in [6, 6.07) is 18.6. The molecule has 1 saturated heterocycles. The van der Waals surface area contributed by atoms with E-state index in [4.69, 9.17) is 10.5 Å². The van der Waals surface area contributed by atoms with Crippen molar-refractivity contribution in [3.8, 4) is 0 Å². The predicted molar refractivity (Wildman–Crippen MR) is 211 cm³/mol. The van der Waals surface area contributed by atoms with Crippen LogP contribution in [0.3, 0.4) is 0 Å². The van der Waals surface area contributed by atoms with E-state index in [0.29, 0.717) is 43.5 Å². The topological polar surface area (TPSA) is 170 Å². The van der Waals surface area contributed by atoms with E-state index in [-0.39, 0.29) is 69.3 Å². The van der Waals surface area contributed by atoms with E-state index in [1.54, 1.807) is 40.1 Å². The number of pyridine rings is 1. The molecule has 2 aliphatic rings. The van der Waals surface area contributed by atoms with Crippen LogP contribution in [0.5, 0.6) is 0 Å². The zero-order chi connectivity index (χ0) is 36.9. The van der Waals surface area contributed by atoms with Crippen molar-refractivity contribution in [2.75, 3.05) is 13.1 Å². The number of primary amides is 1. The molecule has 2 heterocycles. The number of fused-ring (bicyclic) bond motifs is 1. The van der Waals surface area contributed by atoms with Crippen LogP contribution in [-0.4, -0.2) is 69.8 Å². The first-order chi connectivity index (χ1) is 24.2. The van der Waals surface area contributed by atoms with E-state index in [1.165, 1.54) is 10.6 Å². The number of nitrogens with zero attached hydrogens (tertiary/aromatic N) is 2. The molecular weight excluding hydrogens is 715 g/mol. The predicted octanol–water partition coefficient (Wildman–Crippen LogP) is 3.29. The van der Waals surface area contributed by atoms with Gasteiger partial charge < -0.3 is 30.6 Å². The van der Waals surface area contributed by atoms with Gasteiger partial charge >= 0.3 is 5.97 Å². The fourth-order valence-electron chi connectivity index (χ4n) is 7.17. The molecule has 1 aromatic heterocycles. The monoisotopic (exact) mass is 765 g/mol. The molecule has 0 saturated carbocycles. The van der Waals surface area contributed by atoms with Gasteiger partial charge in [-0.05, 0) is 81.7 Å². The highest BCUT2D eigenvalue weighted by Gasteiger charge is 2.50. The number of piperidine rings is 1. The first-order valence-corrected chi connectivity index (χ1v) is 17.4. The van der Waals surface area contributed by atoms with E-state index >= 15 is 0 Å². The van der Waals surface area contributed by atoms with Crippen molar-refractivity contribution in [3.05, 3.63) is 106 Å². The molecule has 286 valence electrons. The van der Waals surface area contributed by atoms with Crippen LogP contribution in [0.25, 0.3) is 0 Å². The number of rotatable bonds is 10. The summed E-state index contributed by atoms with van der Waals surface area (Å²) in [5.41, 5.74) is 5.17. The summed E-state index contributed by atoms with van der Waals surface area (Å²) in [5.74, 6) is -2.70. The van der Waals surface area contributed by atoms with Crippen LogP contribution in [0, 0.1) is 0 Å². The first-order valence-electron chi connectivity index (χ1n) is 17.4. The molecule has 3 aromatic rings. The SMILES string of the molecule is Cn1cccc(C(=O)NC2CCN(C(=O)[C@H]3CC[C@@](C(=O)N[C@@H](CCC(N)=O)C(=O)OC(C)(C)C)(c4ccccc4)c4ccccc43)CC2)c1=O.S.S. The molecule has 53 heavy (non-hydrogen) atoms. The number of carbonyl (C=O) groups is 5. The minimum Gasteiger partial charge on any atom is -0.458 e. The highest BCUT2D eigenvalue weighted by Crippen LogP contribution is 2.48. The van der Waals surface area contributed by atoms with Crippen LogP contribution in [0.1, 0.15) is 92.3 Å². The number of amides is 4. The lowest BCUT2D eigenvalue weighted by Gasteiger charge is -2.43. The van der Waals surface area contributed by atoms with Gasteiger partial charge in [-0.3, -0.25) is 24.0 Å². The summed E-state index contributed by atoms with van der Waals surface area (Å²) in [5, 5.41) is 5.88. The molecule has 0 bridgehead atoms. The van der Waals surface area contributed by atoms with E-state index in [0.717, 1.165) is 5.56 Å². The molecule has 4 N–H and O–H groups in total. The molecule has 3 atom stereocenters. The van der Waals surface area contributed by atoms with Gasteiger partial charge in [0.1, 0.15) is 17.2 Å². The maximum absolute atomic E-state index is 14.7. The Morgan fingerprint density at radius 2 is 1.57 bits per heavy atom. The van der Waals surface area contributed by atoms with Crippen molar-refractivity contribution in [1.29, 1.82) is 0 Å². The number of nitrogens with one attached hydrogen (secondary N) is 2. The van der Waals surface area contributed by atoms with E-state index in [1.807, 2.05) is 59.5 Å². The second-order valence-electron chi connectivity index (χ2n) is 14.4. The number of esters is 1. The zero-order valence-electron chi connectivity index (χ0n) is 30.6. The highest BCUT2D eigenvalue weighted by molar-refractivity contribution is 7.59. The Morgan fingerprint density at radius 1 is 0.925 bits per heavy atom. The Labute approximate surface area is 324 Å². The molecule has 4 amide bonds. The second kappa shape index (κ2) is 18.0. The van der Waals surface area contributed by atoms with Gasteiger partial charge in [0.25, 0.3) is 11.5 Å². The molecular formula is C39H51N5O7S2. The van der Waals surface area contributed by atoms with Gasteiger partial charge in [0, 0.05) is 38.8 Å². The van der Waals surface area contributed by atoms with Gasteiger partial charge in [0.05, 0.1) is 11.3 Å². The normalized spacial score (nSPS) is 18.9. The molecule has 14 heteroatoms. The molecule has 0 unspecified atom stereocenters. The lowest BCUT2D eigenvalue weighted by Crippen LogP contribution is -2.54. The number of ether oxygens (including phenoxy) is 1. The van der Waals surface area contributed by atoms with Gasteiger partial charge in [0.2, 0.25) is 17.7 Å². The summed E-state index contributed by atoms with van der Waals surface area (Å²) < 4.78 is 6.97. The van der Waals surface area contributed by atoms with Crippen molar-refractivity contribution >= 4 is 56.6 Å². The average molecular weight is 766 g/mol. The largest absolute Gasteiger partial charge is 0.458 e. The minimum atomic E-state index is -1.24. The Bertz CT molecular complexity index is 1850. The van der Waals surface area contributed by atoms with Gasteiger partial charge in [-0.2, -0.15) is 27.0 Å². The quantitative estimate of drug-likeness (QED) is 0.266. The lowest BCUT2D eigenvalue weighted by atomic mass is 9.62. The Kier molecular flexibility index (Phi) is 14.5. The summed E-state index contributed by atoms with van der Waals surface area (Å²) in [6.45, 7) is 6.04. The zero-order valence-corrected chi connectivity index (χ0v) is 32.6.